The third-order valence-electron chi connectivity index (χ3n) is 1.89. The molecule has 0 saturated heterocycles. The zero-order valence-corrected chi connectivity index (χ0v) is 11.4. The number of carbonyl (C=O) groups is 2. The molecule has 0 aliphatic rings. The van der Waals surface area contributed by atoms with Crippen molar-refractivity contribution in [1.82, 2.24) is 5.32 Å². The second-order valence-electron chi connectivity index (χ2n) is 3.25. The Balaban J connectivity index is 2.29. The highest BCUT2D eigenvalue weighted by Crippen LogP contribution is 2.15. The number of carboxylic acids is 1. The van der Waals surface area contributed by atoms with Crippen LogP contribution in [0, 0.1) is 0 Å². The maximum absolute atomic E-state index is 11.4. The lowest BCUT2D eigenvalue weighted by Crippen LogP contribution is -2.25. The number of aliphatic carboxylic acids is 1. The van der Waals surface area contributed by atoms with Gasteiger partial charge in [-0.3, -0.25) is 9.59 Å². The Morgan fingerprint density at radius 1 is 1.29 bits per heavy atom. The van der Waals surface area contributed by atoms with Gasteiger partial charge in [0.1, 0.15) is 0 Å². The molecule has 0 fully saturated rings. The van der Waals surface area contributed by atoms with Crippen molar-refractivity contribution in [2.75, 3.05) is 11.5 Å². The van der Waals surface area contributed by atoms with Crippen molar-refractivity contribution in [2.24, 2.45) is 0 Å². The minimum absolute atomic E-state index is 0.0531. The Labute approximate surface area is 112 Å². The number of hydrogen-bond acceptors (Lipinski definition) is 3. The quantitative estimate of drug-likeness (QED) is 0.840. The number of amides is 1. The highest BCUT2D eigenvalue weighted by molar-refractivity contribution is 9.10. The summed E-state index contributed by atoms with van der Waals surface area (Å²) in [5, 5.41) is 11.1. The predicted octanol–water partition coefficient (Wildman–Crippen LogP) is 1.88. The highest BCUT2D eigenvalue weighted by Gasteiger charge is 2.05. The van der Waals surface area contributed by atoms with Crippen molar-refractivity contribution in [3.8, 4) is 0 Å². The number of carbonyl (C=O) groups excluding carboxylic acids is 1. The van der Waals surface area contributed by atoms with Crippen LogP contribution in [0.1, 0.15) is 5.56 Å². The zero-order valence-electron chi connectivity index (χ0n) is 8.98. The first kappa shape index (κ1) is 14.1. The largest absolute Gasteiger partial charge is 0.481 e. The van der Waals surface area contributed by atoms with Gasteiger partial charge in [-0.1, -0.05) is 34.1 Å². The molecule has 17 heavy (non-hydrogen) atoms. The van der Waals surface area contributed by atoms with E-state index in [2.05, 4.69) is 21.2 Å². The number of benzene rings is 1. The molecule has 0 aliphatic carbocycles. The average molecular weight is 318 g/mol. The summed E-state index contributed by atoms with van der Waals surface area (Å²) in [6, 6.07) is 7.61. The van der Waals surface area contributed by atoms with Gasteiger partial charge in [-0.25, -0.2) is 0 Å². The minimum atomic E-state index is -0.909. The predicted molar refractivity (Wildman–Crippen MR) is 70.9 cm³/mol. The van der Waals surface area contributed by atoms with Crippen LogP contribution in [-0.2, 0) is 16.1 Å². The zero-order chi connectivity index (χ0) is 12.7. The topological polar surface area (TPSA) is 66.4 Å². The van der Waals surface area contributed by atoms with E-state index < -0.39 is 5.97 Å². The summed E-state index contributed by atoms with van der Waals surface area (Å²) in [5.74, 6) is -0.959. The van der Waals surface area contributed by atoms with Gasteiger partial charge in [0.15, 0.2) is 0 Å². The molecule has 0 bridgehead atoms. The van der Waals surface area contributed by atoms with E-state index in [0.717, 1.165) is 21.8 Å². The molecule has 0 saturated carbocycles. The fourth-order valence-corrected chi connectivity index (χ4v) is 2.11. The molecule has 4 nitrogen and oxygen atoms in total. The number of rotatable bonds is 6. The summed E-state index contributed by atoms with van der Waals surface area (Å²) < 4.78 is 0.943. The van der Waals surface area contributed by atoms with Crippen molar-refractivity contribution < 1.29 is 14.7 Å². The number of hydrogen-bond donors (Lipinski definition) is 2. The lowest BCUT2D eigenvalue weighted by atomic mass is 10.2. The maximum atomic E-state index is 11.4. The standard InChI is InChI=1S/C11H12BrNO3S/c12-9-4-2-1-3-8(9)5-13-10(14)6-17-7-11(15)16/h1-4H,5-7H2,(H,13,14)(H,15,16). The van der Waals surface area contributed by atoms with Gasteiger partial charge in [0.25, 0.3) is 0 Å². The van der Waals surface area contributed by atoms with Crippen molar-refractivity contribution in [2.45, 2.75) is 6.54 Å². The van der Waals surface area contributed by atoms with E-state index in [1.807, 2.05) is 24.3 Å². The fraction of sp³-hybridized carbons (Fsp3) is 0.273. The lowest BCUT2D eigenvalue weighted by Gasteiger charge is -2.06. The van der Waals surface area contributed by atoms with Gasteiger partial charge in [0.2, 0.25) is 5.91 Å². The molecule has 0 aromatic heterocycles. The van der Waals surface area contributed by atoms with Crippen LogP contribution in [0.4, 0.5) is 0 Å². The molecule has 0 atom stereocenters. The van der Waals surface area contributed by atoms with E-state index in [1.54, 1.807) is 0 Å². The van der Waals surface area contributed by atoms with Crippen LogP contribution in [0.2, 0.25) is 0 Å². The summed E-state index contributed by atoms with van der Waals surface area (Å²) in [4.78, 5) is 21.6. The molecule has 2 N–H and O–H groups in total. The molecule has 0 unspecified atom stereocenters. The van der Waals surface area contributed by atoms with Crippen LogP contribution >= 0.6 is 27.7 Å². The van der Waals surface area contributed by atoms with Gasteiger partial charge in [0.05, 0.1) is 11.5 Å². The smallest absolute Gasteiger partial charge is 0.313 e. The van der Waals surface area contributed by atoms with Crippen LogP contribution < -0.4 is 5.32 Å². The summed E-state index contributed by atoms with van der Waals surface area (Å²) in [5.41, 5.74) is 0.990. The monoisotopic (exact) mass is 317 g/mol. The molecule has 0 heterocycles. The van der Waals surface area contributed by atoms with Gasteiger partial charge >= 0.3 is 5.97 Å². The SMILES string of the molecule is O=C(O)CSCC(=O)NCc1ccccc1Br. The van der Waals surface area contributed by atoms with Crippen LogP contribution in [0.3, 0.4) is 0 Å². The van der Waals surface area contributed by atoms with Gasteiger partial charge in [-0.05, 0) is 11.6 Å². The van der Waals surface area contributed by atoms with Gasteiger partial charge in [0, 0.05) is 11.0 Å². The van der Waals surface area contributed by atoms with Crippen molar-refractivity contribution in [3.63, 3.8) is 0 Å². The summed E-state index contributed by atoms with van der Waals surface area (Å²) >= 11 is 4.47. The van der Waals surface area contributed by atoms with Crippen molar-refractivity contribution >= 4 is 39.6 Å². The molecular formula is C11H12BrNO3S. The average Bonchev–Trinajstić information content (AvgIpc) is 2.27. The molecule has 1 aromatic carbocycles. The third-order valence-corrected chi connectivity index (χ3v) is 3.58. The molecule has 1 rings (SSSR count). The van der Waals surface area contributed by atoms with Gasteiger partial charge in [-0.15, -0.1) is 11.8 Å². The Morgan fingerprint density at radius 2 is 2.00 bits per heavy atom. The third kappa shape index (κ3) is 5.74. The number of thioether (sulfide) groups is 1. The van der Waals surface area contributed by atoms with E-state index >= 15 is 0 Å². The number of halogens is 1. The summed E-state index contributed by atoms with van der Waals surface area (Å²) in [7, 11) is 0. The maximum Gasteiger partial charge on any atom is 0.313 e. The lowest BCUT2D eigenvalue weighted by molar-refractivity contribution is -0.133. The van der Waals surface area contributed by atoms with E-state index in [1.165, 1.54) is 0 Å². The molecule has 6 heteroatoms. The molecule has 0 radical (unpaired) electrons. The van der Waals surface area contributed by atoms with E-state index in [0.29, 0.717) is 6.54 Å². The summed E-state index contributed by atoms with van der Waals surface area (Å²) in [6.07, 6.45) is 0. The van der Waals surface area contributed by atoms with Crippen LogP contribution in [0.25, 0.3) is 0 Å². The van der Waals surface area contributed by atoms with Crippen LogP contribution in [-0.4, -0.2) is 28.5 Å². The second kappa shape index (κ2) is 7.34. The van der Waals surface area contributed by atoms with E-state index in [-0.39, 0.29) is 17.4 Å². The molecule has 0 aliphatic heterocycles. The fourth-order valence-electron chi connectivity index (χ4n) is 1.12. The first-order valence-electron chi connectivity index (χ1n) is 4.89. The second-order valence-corrected chi connectivity index (χ2v) is 5.09. The van der Waals surface area contributed by atoms with Gasteiger partial charge < -0.3 is 10.4 Å². The first-order chi connectivity index (χ1) is 8.09. The molecule has 1 aromatic rings. The van der Waals surface area contributed by atoms with Crippen molar-refractivity contribution in [1.29, 1.82) is 0 Å². The highest BCUT2D eigenvalue weighted by atomic mass is 79.9. The van der Waals surface area contributed by atoms with Crippen LogP contribution in [0.15, 0.2) is 28.7 Å². The van der Waals surface area contributed by atoms with Crippen LogP contribution in [0.5, 0.6) is 0 Å². The Morgan fingerprint density at radius 3 is 2.65 bits per heavy atom. The summed E-state index contributed by atoms with van der Waals surface area (Å²) in [6.45, 7) is 0.438. The molecular weight excluding hydrogens is 306 g/mol. The molecule has 1 amide bonds. The van der Waals surface area contributed by atoms with E-state index in [4.69, 9.17) is 5.11 Å². The van der Waals surface area contributed by atoms with E-state index in [9.17, 15) is 9.59 Å². The Kier molecular flexibility index (Phi) is 6.07. The minimum Gasteiger partial charge on any atom is -0.481 e. The number of nitrogens with one attached hydrogen (secondary N) is 1. The number of carboxylic acid groups (broad SMARTS) is 1. The Bertz CT molecular complexity index is 411. The normalized spacial score (nSPS) is 9.94. The first-order valence-corrected chi connectivity index (χ1v) is 6.84. The van der Waals surface area contributed by atoms with Gasteiger partial charge in [-0.2, -0.15) is 0 Å². The molecule has 0 spiro atoms. The Hall–Kier alpha value is -1.01. The van der Waals surface area contributed by atoms with Crippen molar-refractivity contribution in [3.05, 3.63) is 34.3 Å². The molecule has 92 valence electrons.